The Morgan fingerprint density at radius 3 is 2.33 bits per heavy atom. The van der Waals surface area contributed by atoms with Gasteiger partial charge < -0.3 is 15.2 Å². The number of hydrogen-bond acceptors (Lipinski definition) is 4. The lowest BCUT2D eigenvalue weighted by molar-refractivity contribution is 0.421. The van der Waals surface area contributed by atoms with E-state index in [9.17, 15) is 0 Å². The van der Waals surface area contributed by atoms with Crippen molar-refractivity contribution in [3.8, 4) is 5.75 Å². The van der Waals surface area contributed by atoms with Gasteiger partial charge in [-0.15, -0.1) is 11.3 Å². The molecule has 0 atom stereocenters. The fourth-order valence-electron chi connectivity index (χ4n) is 0.507. The van der Waals surface area contributed by atoms with E-state index < -0.39 is 7.12 Å². The quantitative estimate of drug-likeness (QED) is 0.449. The molecule has 0 aliphatic heterocycles. The second-order valence-electron chi connectivity index (χ2n) is 1.54. The van der Waals surface area contributed by atoms with Crippen LogP contribution < -0.4 is 4.78 Å². The van der Waals surface area contributed by atoms with Gasteiger partial charge in [-0.25, -0.2) is 0 Å². The zero-order chi connectivity index (χ0) is 6.85. The van der Waals surface area contributed by atoms with Crippen LogP contribution in [0.1, 0.15) is 0 Å². The van der Waals surface area contributed by atoms with E-state index in [0.29, 0.717) is 0 Å². The maximum absolute atomic E-state index is 8.81. The highest BCUT2D eigenvalue weighted by Gasteiger charge is 2.16. The molecule has 0 aromatic carbocycles. The zero-order valence-electron chi connectivity index (χ0n) is 4.48. The van der Waals surface area contributed by atoms with E-state index in [4.69, 9.17) is 15.2 Å². The van der Waals surface area contributed by atoms with Crippen molar-refractivity contribution in [1.29, 1.82) is 0 Å². The minimum Gasteiger partial charge on any atom is -0.507 e. The Labute approximate surface area is 56.3 Å². The molecule has 0 saturated carbocycles. The average molecular weight is 144 g/mol. The van der Waals surface area contributed by atoms with Crippen molar-refractivity contribution in [1.82, 2.24) is 0 Å². The van der Waals surface area contributed by atoms with Crippen LogP contribution in [0, 0.1) is 0 Å². The summed E-state index contributed by atoms with van der Waals surface area (Å²) in [5.74, 6) is -0.0602. The summed E-state index contributed by atoms with van der Waals surface area (Å²) >= 11 is 1.11. The van der Waals surface area contributed by atoms with Crippen molar-refractivity contribution < 1.29 is 15.2 Å². The lowest BCUT2D eigenvalue weighted by atomic mass is 9.89. The molecule has 1 aromatic heterocycles. The van der Waals surface area contributed by atoms with Crippen LogP contribution in [0.5, 0.6) is 5.75 Å². The molecule has 0 aliphatic rings. The van der Waals surface area contributed by atoms with Crippen LogP contribution in [0.3, 0.4) is 0 Å². The topological polar surface area (TPSA) is 60.7 Å². The molecule has 1 heterocycles. The summed E-state index contributed by atoms with van der Waals surface area (Å²) in [6.45, 7) is 0. The van der Waals surface area contributed by atoms with Crippen molar-refractivity contribution >= 4 is 23.2 Å². The molecule has 1 aromatic rings. The molecule has 0 saturated heterocycles. The van der Waals surface area contributed by atoms with E-state index in [1.54, 1.807) is 5.38 Å². The van der Waals surface area contributed by atoms with E-state index in [1.807, 2.05) is 0 Å². The zero-order valence-corrected chi connectivity index (χ0v) is 5.30. The third-order valence-corrected chi connectivity index (χ3v) is 1.85. The van der Waals surface area contributed by atoms with Gasteiger partial charge in [0.25, 0.3) is 0 Å². The smallest absolute Gasteiger partial charge is 0.502 e. The van der Waals surface area contributed by atoms with Gasteiger partial charge in [0.05, 0.1) is 4.78 Å². The summed E-state index contributed by atoms with van der Waals surface area (Å²) < 4.78 is 0.190. The summed E-state index contributed by atoms with van der Waals surface area (Å²) in [5, 5.41) is 27.4. The molecule has 1 rings (SSSR count). The number of hydrogen-bond donors (Lipinski definition) is 3. The molecule has 3 nitrogen and oxygen atoms in total. The van der Waals surface area contributed by atoms with Crippen molar-refractivity contribution in [2.24, 2.45) is 0 Å². The Morgan fingerprint density at radius 2 is 2.11 bits per heavy atom. The molecule has 48 valence electrons. The van der Waals surface area contributed by atoms with Gasteiger partial charge in [0, 0.05) is 0 Å². The van der Waals surface area contributed by atoms with Crippen molar-refractivity contribution in [3.63, 3.8) is 0 Å². The van der Waals surface area contributed by atoms with Gasteiger partial charge in [0.2, 0.25) is 0 Å². The van der Waals surface area contributed by atoms with Crippen molar-refractivity contribution in [2.45, 2.75) is 0 Å². The summed E-state index contributed by atoms with van der Waals surface area (Å²) in [7, 11) is -1.55. The minimum atomic E-state index is -1.55. The Bertz CT molecular complexity index is 197. The maximum atomic E-state index is 8.81. The first-order valence-electron chi connectivity index (χ1n) is 2.34. The van der Waals surface area contributed by atoms with E-state index in [-0.39, 0.29) is 10.5 Å². The van der Waals surface area contributed by atoms with Crippen LogP contribution in [0.25, 0.3) is 0 Å². The van der Waals surface area contributed by atoms with Crippen molar-refractivity contribution in [3.05, 3.63) is 11.4 Å². The van der Waals surface area contributed by atoms with Gasteiger partial charge in [-0.3, -0.25) is 0 Å². The number of thiophene rings is 1. The Hall–Kier alpha value is -0.515. The molecule has 5 heteroatoms. The fourth-order valence-corrected chi connectivity index (χ4v) is 1.16. The highest BCUT2D eigenvalue weighted by molar-refractivity contribution is 7.21. The van der Waals surface area contributed by atoms with Gasteiger partial charge in [0.1, 0.15) is 5.75 Å². The monoisotopic (exact) mass is 144 g/mol. The first-order chi connectivity index (χ1) is 4.22. The average Bonchev–Trinajstić information content (AvgIpc) is 2.13. The predicted molar refractivity (Wildman–Crippen MR) is 35.8 cm³/mol. The lowest BCUT2D eigenvalue weighted by Gasteiger charge is -1.91. The third kappa shape index (κ3) is 1.24. The van der Waals surface area contributed by atoms with Crippen molar-refractivity contribution in [2.75, 3.05) is 0 Å². The minimum absolute atomic E-state index is 0.0602. The molecule has 0 aliphatic carbocycles. The van der Waals surface area contributed by atoms with Gasteiger partial charge in [-0.1, -0.05) is 0 Å². The van der Waals surface area contributed by atoms with Gasteiger partial charge in [0.15, 0.2) is 0 Å². The van der Waals surface area contributed by atoms with Crippen LogP contribution in [-0.4, -0.2) is 22.3 Å². The molecule has 0 bridgehead atoms. The Morgan fingerprint density at radius 1 is 1.44 bits per heavy atom. The lowest BCUT2D eigenvalue weighted by Crippen LogP contribution is -2.26. The molecule has 3 N–H and O–H groups in total. The summed E-state index contributed by atoms with van der Waals surface area (Å²) in [6, 6.07) is 1.42. The molecule has 9 heavy (non-hydrogen) atoms. The van der Waals surface area contributed by atoms with Crippen LogP contribution in [0.4, 0.5) is 0 Å². The third-order valence-electron chi connectivity index (χ3n) is 0.908. The molecule has 0 radical (unpaired) electrons. The summed E-state index contributed by atoms with van der Waals surface area (Å²) in [5.41, 5.74) is 0. The molecule has 0 amide bonds. The largest absolute Gasteiger partial charge is 0.507 e. The fraction of sp³-hybridized carbons (Fsp3) is 0. The van der Waals surface area contributed by atoms with Crippen LogP contribution in [0.15, 0.2) is 11.4 Å². The first kappa shape index (κ1) is 6.60. The van der Waals surface area contributed by atoms with Gasteiger partial charge in [-0.05, 0) is 11.4 Å². The van der Waals surface area contributed by atoms with Gasteiger partial charge >= 0.3 is 7.12 Å². The number of aromatic hydroxyl groups is 1. The van der Waals surface area contributed by atoms with Crippen LogP contribution >= 0.6 is 11.3 Å². The summed E-state index contributed by atoms with van der Waals surface area (Å²) in [6.07, 6.45) is 0. The Balaban J connectivity index is 2.94. The predicted octanol–water partition coefficient (Wildman–Crippen LogP) is -0.867. The number of rotatable bonds is 1. The SMILES string of the molecule is OB(O)c1sccc1O. The molecule has 0 spiro atoms. The highest BCUT2D eigenvalue weighted by Crippen LogP contribution is 2.09. The summed E-state index contributed by atoms with van der Waals surface area (Å²) in [4.78, 5) is 0. The standard InChI is InChI=1S/C4H5BO3S/c6-3-1-2-9-4(3)5(7)8/h1-2,6-8H. The maximum Gasteiger partial charge on any atom is 0.502 e. The van der Waals surface area contributed by atoms with E-state index in [0.717, 1.165) is 11.3 Å². The molecule has 0 unspecified atom stereocenters. The Kier molecular flexibility index (Phi) is 1.75. The normalized spacial score (nSPS) is 9.56. The molecule has 0 fully saturated rings. The first-order valence-corrected chi connectivity index (χ1v) is 3.22. The van der Waals surface area contributed by atoms with E-state index in [1.165, 1.54) is 6.07 Å². The van der Waals surface area contributed by atoms with E-state index in [2.05, 4.69) is 0 Å². The molecular weight excluding hydrogens is 139 g/mol. The van der Waals surface area contributed by atoms with Crippen LogP contribution in [0.2, 0.25) is 0 Å². The highest BCUT2D eigenvalue weighted by atomic mass is 32.1. The van der Waals surface area contributed by atoms with Crippen LogP contribution in [-0.2, 0) is 0 Å². The van der Waals surface area contributed by atoms with E-state index >= 15 is 0 Å². The second kappa shape index (κ2) is 2.39. The second-order valence-corrected chi connectivity index (χ2v) is 2.49. The molecular formula is C4H5BO3S. The van der Waals surface area contributed by atoms with Gasteiger partial charge in [-0.2, -0.15) is 0 Å².